The molecule has 0 heterocycles. The highest BCUT2D eigenvalue weighted by Crippen LogP contribution is 2.67. The van der Waals surface area contributed by atoms with Crippen LogP contribution >= 0.6 is 0 Å². The fourth-order valence-corrected chi connectivity index (χ4v) is 4.65. The summed E-state index contributed by atoms with van der Waals surface area (Å²) in [5.74, 6) is 0.638. The van der Waals surface area contributed by atoms with Crippen molar-refractivity contribution >= 4 is 11.9 Å². The summed E-state index contributed by atoms with van der Waals surface area (Å²) in [7, 11) is 0. The van der Waals surface area contributed by atoms with E-state index in [2.05, 4.69) is 32.1 Å². The Morgan fingerprint density at radius 2 is 1.95 bits per heavy atom. The Kier molecular flexibility index (Phi) is 2.91. The summed E-state index contributed by atoms with van der Waals surface area (Å²) in [5.41, 5.74) is 7.95. The Hall–Kier alpha value is -1.41. The molecule has 2 bridgehead atoms. The van der Waals surface area contributed by atoms with Crippen LogP contribution in [-0.2, 0) is 4.79 Å². The van der Waals surface area contributed by atoms with Gasteiger partial charge in [-0.15, -0.1) is 0 Å². The largest absolute Gasteiger partial charge is 0.327 e. The van der Waals surface area contributed by atoms with E-state index in [1.807, 2.05) is 25.1 Å². The molecule has 1 aromatic rings. The zero-order chi connectivity index (χ0) is 14.5. The van der Waals surface area contributed by atoms with Crippen LogP contribution in [-0.4, -0.2) is 11.8 Å². The molecule has 0 aromatic heterocycles. The Morgan fingerprint density at radius 1 is 1.30 bits per heavy atom. The molecule has 2 nitrogen and oxygen atoms in total. The van der Waals surface area contributed by atoms with Gasteiger partial charge < -0.3 is 5.73 Å². The minimum atomic E-state index is -0.363. The maximum absolute atomic E-state index is 13.0. The predicted octanol–water partition coefficient (Wildman–Crippen LogP) is 3.42. The molecule has 0 spiro atoms. The molecule has 2 saturated carbocycles. The Bertz CT molecular complexity index is 570. The second-order valence-electron chi connectivity index (χ2n) is 6.91. The molecule has 0 radical (unpaired) electrons. The summed E-state index contributed by atoms with van der Waals surface area (Å²) in [5, 5.41) is 0. The number of allylic oxidation sites excluding steroid dienone is 1. The first-order valence-electron chi connectivity index (χ1n) is 7.48. The normalized spacial score (nSPS) is 34.7. The van der Waals surface area contributed by atoms with E-state index in [4.69, 9.17) is 5.73 Å². The van der Waals surface area contributed by atoms with Crippen LogP contribution in [0, 0.1) is 16.7 Å². The van der Waals surface area contributed by atoms with E-state index in [1.165, 1.54) is 0 Å². The second kappa shape index (κ2) is 4.29. The van der Waals surface area contributed by atoms with Gasteiger partial charge in [0.1, 0.15) is 0 Å². The van der Waals surface area contributed by atoms with Crippen molar-refractivity contribution in [2.45, 2.75) is 39.7 Å². The molecule has 0 aliphatic heterocycles. The van der Waals surface area contributed by atoms with Crippen LogP contribution in [0.5, 0.6) is 0 Å². The Labute approximate surface area is 121 Å². The van der Waals surface area contributed by atoms with Gasteiger partial charge in [-0.2, -0.15) is 0 Å². The van der Waals surface area contributed by atoms with Crippen LogP contribution in [0.25, 0.3) is 6.08 Å². The van der Waals surface area contributed by atoms with Gasteiger partial charge in [0.25, 0.3) is 0 Å². The lowest BCUT2D eigenvalue weighted by molar-refractivity contribution is -0.127. The molecule has 3 atom stereocenters. The van der Waals surface area contributed by atoms with Crippen molar-refractivity contribution in [2.75, 3.05) is 0 Å². The lowest BCUT2D eigenvalue weighted by Crippen LogP contribution is -2.49. The molecule has 3 unspecified atom stereocenters. The zero-order valence-corrected chi connectivity index (χ0v) is 12.5. The molecule has 106 valence electrons. The van der Waals surface area contributed by atoms with E-state index in [9.17, 15) is 4.79 Å². The lowest BCUT2D eigenvalue weighted by Gasteiger charge is -2.39. The molecule has 20 heavy (non-hydrogen) atoms. The topological polar surface area (TPSA) is 43.1 Å². The van der Waals surface area contributed by atoms with Crippen molar-refractivity contribution in [2.24, 2.45) is 22.5 Å². The Morgan fingerprint density at radius 3 is 2.50 bits per heavy atom. The predicted molar refractivity (Wildman–Crippen MR) is 82.0 cm³/mol. The molecular formula is C18H23NO. The van der Waals surface area contributed by atoms with Gasteiger partial charge in [-0.1, -0.05) is 44.2 Å². The van der Waals surface area contributed by atoms with Crippen molar-refractivity contribution in [3.8, 4) is 0 Å². The van der Waals surface area contributed by atoms with Gasteiger partial charge in [0.2, 0.25) is 0 Å². The van der Waals surface area contributed by atoms with Crippen LogP contribution in [0.3, 0.4) is 0 Å². The molecule has 2 aliphatic rings. The van der Waals surface area contributed by atoms with E-state index < -0.39 is 0 Å². The molecule has 2 heteroatoms. The summed E-state index contributed by atoms with van der Waals surface area (Å²) in [6.45, 7) is 6.43. The van der Waals surface area contributed by atoms with Gasteiger partial charge in [0, 0.05) is 11.6 Å². The van der Waals surface area contributed by atoms with Gasteiger partial charge in [-0.05, 0) is 42.7 Å². The number of Topliss-reactive ketones (excluding diaryl/α,β-unsaturated/α-hetero) is 1. The second-order valence-corrected chi connectivity index (χ2v) is 6.91. The van der Waals surface area contributed by atoms with Crippen LogP contribution in [0.4, 0.5) is 0 Å². The third kappa shape index (κ3) is 1.51. The van der Waals surface area contributed by atoms with Crippen molar-refractivity contribution in [1.29, 1.82) is 0 Å². The summed E-state index contributed by atoms with van der Waals surface area (Å²) in [4.78, 5) is 13.0. The highest BCUT2D eigenvalue weighted by molar-refractivity contribution is 6.08. The van der Waals surface area contributed by atoms with Gasteiger partial charge in [0.15, 0.2) is 5.78 Å². The van der Waals surface area contributed by atoms with E-state index in [0.717, 1.165) is 24.0 Å². The number of hydrogen-bond donors (Lipinski definition) is 1. The number of benzene rings is 1. The van der Waals surface area contributed by atoms with Crippen molar-refractivity contribution in [3.05, 3.63) is 41.5 Å². The molecule has 2 fully saturated rings. The standard InChI is InChI=1S/C18H23NO/c1-12(19)18-10-9-15(17(18,2)3)14(16(18)20)11-13-7-5-4-6-8-13/h4-8,11-12,15H,9-10,19H2,1-3H3. The van der Waals surface area contributed by atoms with Crippen LogP contribution in [0.2, 0.25) is 0 Å². The first-order valence-corrected chi connectivity index (χ1v) is 7.48. The van der Waals surface area contributed by atoms with E-state index in [0.29, 0.717) is 5.92 Å². The minimum Gasteiger partial charge on any atom is -0.327 e. The van der Waals surface area contributed by atoms with Gasteiger partial charge >= 0.3 is 0 Å². The number of nitrogens with two attached hydrogens (primary N) is 1. The number of fused-ring (bicyclic) bond motifs is 2. The molecule has 2 N–H and O–H groups in total. The average molecular weight is 269 g/mol. The molecular weight excluding hydrogens is 246 g/mol. The lowest BCUT2D eigenvalue weighted by atomic mass is 9.65. The monoisotopic (exact) mass is 269 g/mol. The first kappa shape index (κ1) is 13.6. The molecule has 2 aliphatic carbocycles. The quantitative estimate of drug-likeness (QED) is 0.836. The molecule has 0 amide bonds. The summed E-state index contributed by atoms with van der Waals surface area (Å²) in [6.07, 6.45) is 4.10. The molecule has 0 saturated heterocycles. The van der Waals surface area contributed by atoms with Crippen molar-refractivity contribution < 1.29 is 4.79 Å². The number of rotatable bonds is 2. The SMILES string of the molecule is CC(N)C12CCC(C(=Cc3ccccc3)C1=O)C2(C)C. The Balaban J connectivity index is 2.10. The van der Waals surface area contributed by atoms with Gasteiger partial charge in [-0.3, -0.25) is 4.79 Å². The maximum atomic E-state index is 13.0. The zero-order valence-electron chi connectivity index (χ0n) is 12.5. The number of carbonyl (C=O) groups is 1. The third-order valence-corrected chi connectivity index (χ3v) is 5.79. The molecule has 3 rings (SSSR count). The average Bonchev–Trinajstić information content (AvgIpc) is 2.76. The van der Waals surface area contributed by atoms with Crippen molar-refractivity contribution in [3.63, 3.8) is 0 Å². The smallest absolute Gasteiger partial charge is 0.167 e. The first-order chi connectivity index (χ1) is 9.41. The minimum absolute atomic E-state index is 0.0289. The molecule has 1 aromatic carbocycles. The number of ketones is 1. The van der Waals surface area contributed by atoms with Crippen LogP contribution in [0.15, 0.2) is 35.9 Å². The maximum Gasteiger partial charge on any atom is 0.167 e. The highest BCUT2D eigenvalue weighted by atomic mass is 16.1. The van der Waals surface area contributed by atoms with Crippen molar-refractivity contribution in [1.82, 2.24) is 0 Å². The van der Waals surface area contributed by atoms with Gasteiger partial charge in [-0.25, -0.2) is 0 Å². The van der Waals surface area contributed by atoms with E-state index in [1.54, 1.807) is 0 Å². The summed E-state index contributed by atoms with van der Waals surface area (Å²) < 4.78 is 0. The summed E-state index contributed by atoms with van der Waals surface area (Å²) in [6, 6.07) is 10.0. The highest BCUT2D eigenvalue weighted by Gasteiger charge is 2.67. The summed E-state index contributed by atoms with van der Waals surface area (Å²) >= 11 is 0. The number of carbonyl (C=O) groups excluding carboxylic acids is 1. The fraction of sp³-hybridized carbons (Fsp3) is 0.500. The van der Waals surface area contributed by atoms with E-state index >= 15 is 0 Å². The number of hydrogen-bond acceptors (Lipinski definition) is 2. The van der Waals surface area contributed by atoms with Crippen LogP contribution < -0.4 is 5.73 Å². The van der Waals surface area contributed by atoms with Gasteiger partial charge in [0.05, 0.1) is 5.41 Å². The fourth-order valence-electron chi connectivity index (χ4n) is 4.65. The van der Waals surface area contributed by atoms with Crippen LogP contribution in [0.1, 0.15) is 39.2 Å². The third-order valence-electron chi connectivity index (χ3n) is 5.79. The van der Waals surface area contributed by atoms with E-state index in [-0.39, 0.29) is 22.7 Å².